The number of carbonyl (C=O) groups is 2. The predicted molar refractivity (Wildman–Crippen MR) is 77.4 cm³/mol. The molecule has 0 saturated carbocycles. The molecule has 2 aromatic rings. The smallest absolute Gasteiger partial charge is 0.313 e. The molecule has 0 spiro atoms. The van der Waals surface area contributed by atoms with Gasteiger partial charge in [-0.3, -0.25) is 9.59 Å². The van der Waals surface area contributed by atoms with Crippen molar-refractivity contribution >= 4 is 11.8 Å². The molecule has 2 rings (SSSR count). The Balaban J connectivity index is 2.14. The van der Waals surface area contributed by atoms with E-state index in [0.717, 1.165) is 0 Å². The molecule has 2 aromatic carbocycles. The Labute approximate surface area is 122 Å². The summed E-state index contributed by atoms with van der Waals surface area (Å²) in [7, 11) is 0. The normalized spacial score (nSPS) is 10.2. The number of hydrogen-bond acceptors (Lipinski definition) is 3. The molecule has 0 unspecified atom stereocenters. The minimum atomic E-state index is -0.541. The Bertz CT molecular complexity index is 647. The van der Waals surface area contributed by atoms with Crippen LogP contribution in [0.25, 0.3) is 11.1 Å². The van der Waals surface area contributed by atoms with Crippen molar-refractivity contribution in [3.05, 3.63) is 59.9 Å². The molecule has 0 radical (unpaired) electrons. The van der Waals surface area contributed by atoms with Crippen LogP contribution in [0.1, 0.15) is 23.7 Å². The first-order chi connectivity index (χ1) is 10.1. The van der Waals surface area contributed by atoms with Gasteiger partial charge in [0.05, 0.1) is 6.61 Å². The van der Waals surface area contributed by atoms with E-state index in [2.05, 4.69) is 0 Å². The fraction of sp³-hybridized carbons (Fsp3) is 0.176. The second kappa shape index (κ2) is 6.79. The van der Waals surface area contributed by atoms with Crippen molar-refractivity contribution in [2.45, 2.75) is 13.3 Å². The Morgan fingerprint density at radius 1 is 1.05 bits per heavy atom. The van der Waals surface area contributed by atoms with Crippen LogP contribution in [-0.4, -0.2) is 18.4 Å². The maximum atomic E-state index is 13.7. The molecular weight excluding hydrogens is 271 g/mol. The van der Waals surface area contributed by atoms with E-state index in [4.69, 9.17) is 4.74 Å². The quantitative estimate of drug-likeness (QED) is 0.479. The van der Waals surface area contributed by atoms with E-state index in [1.54, 1.807) is 49.4 Å². The van der Waals surface area contributed by atoms with Crippen LogP contribution >= 0.6 is 0 Å². The van der Waals surface area contributed by atoms with Gasteiger partial charge in [-0.25, -0.2) is 4.39 Å². The third kappa shape index (κ3) is 3.75. The van der Waals surface area contributed by atoms with Crippen molar-refractivity contribution in [1.82, 2.24) is 0 Å². The Morgan fingerprint density at radius 2 is 1.71 bits per heavy atom. The zero-order valence-corrected chi connectivity index (χ0v) is 11.6. The lowest BCUT2D eigenvalue weighted by molar-refractivity contribution is -0.141. The van der Waals surface area contributed by atoms with Crippen LogP contribution in [0.5, 0.6) is 0 Å². The van der Waals surface area contributed by atoms with Gasteiger partial charge in [-0.05, 0) is 18.6 Å². The van der Waals surface area contributed by atoms with Gasteiger partial charge in [0.2, 0.25) is 0 Å². The van der Waals surface area contributed by atoms with Crippen molar-refractivity contribution < 1.29 is 18.7 Å². The highest BCUT2D eigenvalue weighted by Crippen LogP contribution is 2.23. The number of ether oxygens (including phenoxy) is 1. The number of esters is 1. The molecule has 21 heavy (non-hydrogen) atoms. The molecule has 0 bridgehead atoms. The first-order valence-corrected chi connectivity index (χ1v) is 6.65. The Hall–Kier alpha value is -2.49. The monoisotopic (exact) mass is 286 g/mol. The molecule has 0 N–H and O–H groups in total. The molecule has 0 fully saturated rings. The Kier molecular flexibility index (Phi) is 4.82. The predicted octanol–water partition coefficient (Wildman–Crippen LogP) is 3.63. The van der Waals surface area contributed by atoms with E-state index in [1.165, 1.54) is 6.07 Å². The zero-order chi connectivity index (χ0) is 15.2. The van der Waals surface area contributed by atoms with Crippen LogP contribution in [0.2, 0.25) is 0 Å². The average Bonchev–Trinajstić information content (AvgIpc) is 2.48. The third-order valence-corrected chi connectivity index (χ3v) is 3.00. The number of benzene rings is 2. The maximum Gasteiger partial charge on any atom is 0.313 e. The summed E-state index contributed by atoms with van der Waals surface area (Å²) in [6, 6.07) is 12.9. The minimum absolute atomic E-state index is 0.248. The molecule has 4 heteroatoms. The van der Waals surface area contributed by atoms with Crippen LogP contribution in [0, 0.1) is 5.82 Å². The molecule has 0 amide bonds. The number of ketones is 1. The van der Waals surface area contributed by atoms with E-state index in [-0.39, 0.29) is 24.6 Å². The van der Waals surface area contributed by atoms with Crippen LogP contribution in [0.4, 0.5) is 4.39 Å². The summed E-state index contributed by atoms with van der Waals surface area (Å²) < 4.78 is 18.4. The molecule has 0 aliphatic heterocycles. The zero-order valence-electron chi connectivity index (χ0n) is 11.6. The van der Waals surface area contributed by atoms with E-state index < -0.39 is 5.97 Å². The summed E-state index contributed by atoms with van der Waals surface area (Å²) in [5.41, 5.74) is 1.56. The van der Waals surface area contributed by atoms with Crippen LogP contribution in [-0.2, 0) is 9.53 Å². The molecule has 0 heterocycles. The van der Waals surface area contributed by atoms with E-state index in [9.17, 15) is 14.0 Å². The fourth-order valence-electron chi connectivity index (χ4n) is 1.98. The highest BCUT2D eigenvalue weighted by Gasteiger charge is 2.13. The van der Waals surface area contributed by atoms with Gasteiger partial charge >= 0.3 is 5.97 Å². The second-order valence-electron chi connectivity index (χ2n) is 4.46. The number of rotatable bonds is 5. The average molecular weight is 286 g/mol. The lowest BCUT2D eigenvalue weighted by Gasteiger charge is -2.05. The third-order valence-electron chi connectivity index (χ3n) is 3.00. The summed E-state index contributed by atoms with van der Waals surface area (Å²) in [4.78, 5) is 23.1. The summed E-state index contributed by atoms with van der Waals surface area (Å²) in [6.07, 6.45) is -0.285. The summed E-state index contributed by atoms with van der Waals surface area (Å²) >= 11 is 0. The number of hydrogen-bond donors (Lipinski definition) is 0. The molecule has 3 nitrogen and oxygen atoms in total. The summed E-state index contributed by atoms with van der Waals surface area (Å²) in [6.45, 7) is 1.93. The van der Waals surface area contributed by atoms with Gasteiger partial charge < -0.3 is 4.74 Å². The van der Waals surface area contributed by atoms with Crippen LogP contribution in [0.15, 0.2) is 48.5 Å². The van der Waals surface area contributed by atoms with Crippen molar-refractivity contribution in [2.24, 2.45) is 0 Å². The summed E-state index contributed by atoms with van der Waals surface area (Å²) in [5, 5.41) is 0. The second-order valence-corrected chi connectivity index (χ2v) is 4.46. The SMILES string of the molecule is CCOC(=O)CC(=O)c1ccc(-c2ccccc2F)cc1. The van der Waals surface area contributed by atoms with E-state index >= 15 is 0 Å². The van der Waals surface area contributed by atoms with Gasteiger partial charge in [0.15, 0.2) is 5.78 Å². The number of carbonyl (C=O) groups excluding carboxylic acids is 2. The Morgan fingerprint density at radius 3 is 2.33 bits per heavy atom. The maximum absolute atomic E-state index is 13.7. The van der Waals surface area contributed by atoms with Crippen molar-refractivity contribution in [3.63, 3.8) is 0 Å². The van der Waals surface area contributed by atoms with Crippen LogP contribution < -0.4 is 0 Å². The molecule has 108 valence electrons. The molecule has 0 aliphatic carbocycles. The topological polar surface area (TPSA) is 43.4 Å². The van der Waals surface area contributed by atoms with E-state index in [0.29, 0.717) is 16.7 Å². The van der Waals surface area contributed by atoms with Gasteiger partial charge in [0.1, 0.15) is 12.2 Å². The number of Topliss-reactive ketones (excluding diaryl/α,β-unsaturated/α-hetero) is 1. The van der Waals surface area contributed by atoms with Gasteiger partial charge in [-0.1, -0.05) is 42.5 Å². The lowest BCUT2D eigenvalue weighted by atomic mass is 10.0. The summed E-state index contributed by atoms with van der Waals surface area (Å²) in [5.74, 6) is -1.17. The van der Waals surface area contributed by atoms with Crippen LogP contribution in [0.3, 0.4) is 0 Å². The number of halogens is 1. The largest absolute Gasteiger partial charge is 0.466 e. The highest BCUT2D eigenvalue weighted by atomic mass is 19.1. The van der Waals surface area contributed by atoms with Gasteiger partial charge in [-0.15, -0.1) is 0 Å². The van der Waals surface area contributed by atoms with Crippen molar-refractivity contribution in [3.8, 4) is 11.1 Å². The van der Waals surface area contributed by atoms with Gasteiger partial charge in [0.25, 0.3) is 0 Å². The minimum Gasteiger partial charge on any atom is -0.466 e. The standard InChI is InChI=1S/C17H15FO3/c1-2-21-17(20)11-16(19)13-9-7-12(8-10-13)14-5-3-4-6-15(14)18/h3-10H,2,11H2,1H3. The first-order valence-electron chi connectivity index (χ1n) is 6.65. The first kappa shape index (κ1) is 14.9. The van der Waals surface area contributed by atoms with Crippen molar-refractivity contribution in [1.29, 1.82) is 0 Å². The molecule has 0 aliphatic rings. The van der Waals surface area contributed by atoms with E-state index in [1.807, 2.05) is 0 Å². The molecule has 0 atom stereocenters. The molecule has 0 saturated heterocycles. The molecular formula is C17H15FO3. The molecule has 0 aromatic heterocycles. The van der Waals surface area contributed by atoms with Crippen molar-refractivity contribution in [2.75, 3.05) is 6.61 Å². The van der Waals surface area contributed by atoms with Gasteiger partial charge in [0, 0.05) is 11.1 Å². The fourth-order valence-corrected chi connectivity index (χ4v) is 1.98. The van der Waals surface area contributed by atoms with Gasteiger partial charge in [-0.2, -0.15) is 0 Å². The highest BCUT2D eigenvalue weighted by molar-refractivity contribution is 6.06. The lowest BCUT2D eigenvalue weighted by Crippen LogP contribution is -2.11.